The van der Waals surface area contributed by atoms with Crippen molar-refractivity contribution in [2.24, 2.45) is 0 Å². The number of anilines is 3. The Bertz CT molecular complexity index is 722. The first-order valence-electron chi connectivity index (χ1n) is 6.05. The van der Waals surface area contributed by atoms with Crippen molar-refractivity contribution in [1.29, 1.82) is 0 Å². The van der Waals surface area contributed by atoms with Crippen LogP contribution in [0.1, 0.15) is 0 Å². The monoisotopic (exact) mass is 285 g/mol. The van der Waals surface area contributed by atoms with Gasteiger partial charge in [-0.15, -0.1) is 11.3 Å². The van der Waals surface area contributed by atoms with Crippen molar-refractivity contribution in [2.45, 2.75) is 0 Å². The van der Waals surface area contributed by atoms with E-state index in [1.54, 1.807) is 18.2 Å². The summed E-state index contributed by atoms with van der Waals surface area (Å²) in [4.78, 5) is 4.45. The third-order valence-corrected chi connectivity index (χ3v) is 3.58. The Morgan fingerprint density at radius 1 is 1.05 bits per heavy atom. The van der Waals surface area contributed by atoms with Crippen LogP contribution in [0.25, 0.3) is 11.3 Å². The molecule has 0 amide bonds. The van der Waals surface area contributed by atoms with E-state index in [1.807, 2.05) is 29.6 Å². The van der Waals surface area contributed by atoms with E-state index < -0.39 is 0 Å². The summed E-state index contributed by atoms with van der Waals surface area (Å²) in [7, 11) is 0. The molecule has 0 radical (unpaired) electrons. The minimum Gasteiger partial charge on any atom is -0.399 e. The lowest BCUT2D eigenvalue weighted by Crippen LogP contribution is -1.92. The predicted octanol–water partition coefficient (Wildman–Crippen LogP) is 4.28. The maximum Gasteiger partial charge on any atom is 0.187 e. The first-order valence-corrected chi connectivity index (χ1v) is 6.93. The fraction of sp³-hybridized carbons (Fsp3) is 0. The third kappa shape index (κ3) is 2.62. The van der Waals surface area contributed by atoms with Gasteiger partial charge in [-0.2, -0.15) is 0 Å². The molecule has 20 heavy (non-hydrogen) atoms. The molecule has 2 aromatic carbocycles. The maximum atomic E-state index is 13.5. The van der Waals surface area contributed by atoms with Gasteiger partial charge in [0.15, 0.2) is 5.13 Å². The fourth-order valence-corrected chi connectivity index (χ4v) is 2.53. The molecule has 0 unspecified atom stereocenters. The quantitative estimate of drug-likeness (QED) is 0.706. The largest absolute Gasteiger partial charge is 0.399 e. The van der Waals surface area contributed by atoms with E-state index in [-0.39, 0.29) is 5.82 Å². The molecule has 1 aromatic heterocycles. The van der Waals surface area contributed by atoms with Crippen LogP contribution in [-0.2, 0) is 0 Å². The predicted molar refractivity (Wildman–Crippen MR) is 81.6 cm³/mol. The molecule has 0 bridgehead atoms. The molecule has 3 N–H and O–H groups in total. The van der Waals surface area contributed by atoms with Gasteiger partial charge < -0.3 is 11.1 Å². The number of halogens is 1. The number of nitrogens with one attached hydrogen (secondary N) is 1. The summed E-state index contributed by atoms with van der Waals surface area (Å²) in [6.45, 7) is 0. The molecule has 0 aliphatic heterocycles. The Balaban J connectivity index is 1.84. The second kappa shape index (κ2) is 5.30. The van der Waals surface area contributed by atoms with Gasteiger partial charge in [0.25, 0.3) is 0 Å². The van der Waals surface area contributed by atoms with Gasteiger partial charge in [0.2, 0.25) is 0 Å². The van der Waals surface area contributed by atoms with Gasteiger partial charge in [-0.05, 0) is 24.3 Å². The lowest BCUT2D eigenvalue weighted by atomic mass is 10.1. The molecule has 5 heteroatoms. The van der Waals surface area contributed by atoms with Crippen molar-refractivity contribution in [1.82, 2.24) is 4.98 Å². The molecule has 0 aliphatic carbocycles. The first kappa shape index (κ1) is 12.6. The second-order valence-electron chi connectivity index (χ2n) is 4.26. The van der Waals surface area contributed by atoms with Crippen molar-refractivity contribution >= 4 is 27.8 Å². The van der Waals surface area contributed by atoms with Crippen molar-refractivity contribution < 1.29 is 4.39 Å². The zero-order valence-corrected chi connectivity index (χ0v) is 11.3. The van der Waals surface area contributed by atoms with Gasteiger partial charge in [-0.25, -0.2) is 9.37 Å². The highest BCUT2D eigenvalue weighted by Crippen LogP contribution is 2.28. The molecule has 0 aliphatic rings. The lowest BCUT2D eigenvalue weighted by Gasteiger charge is -2.03. The standard InChI is InChI=1S/C15H12FN3S/c16-12-3-1-2-4-13(12)18-15-19-14(9-20-15)10-5-7-11(17)8-6-10/h1-9H,17H2,(H,18,19). The minimum atomic E-state index is -0.295. The Morgan fingerprint density at radius 2 is 1.80 bits per heavy atom. The van der Waals surface area contributed by atoms with E-state index in [0.717, 1.165) is 11.3 Å². The van der Waals surface area contributed by atoms with Crippen LogP contribution in [0.2, 0.25) is 0 Å². The first-order chi connectivity index (χ1) is 9.72. The van der Waals surface area contributed by atoms with Crippen LogP contribution >= 0.6 is 11.3 Å². The van der Waals surface area contributed by atoms with Crippen molar-refractivity contribution in [2.75, 3.05) is 11.1 Å². The molecular weight excluding hydrogens is 273 g/mol. The summed E-state index contributed by atoms with van der Waals surface area (Å²) in [5.74, 6) is -0.295. The topological polar surface area (TPSA) is 50.9 Å². The van der Waals surface area contributed by atoms with E-state index in [2.05, 4.69) is 10.3 Å². The SMILES string of the molecule is Nc1ccc(-c2csc(Nc3ccccc3F)n2)cc1. The molecular formula is C15H12FN3S. The molecule has 100 valence electrons. The van der Waals surface area contributed by atoms with Crippen LogP contribution in [-0.4, -0.2) is 4.98 Å². The van der Waals surface area contributed by atoms with Crippen molar-refractivity contribution in [3.05, 3.63) is 59.7 Å². The zero-order chi connectivity index (χ0) is 13.9. The van der Waals surface area contributed by atoms with Crippen LogP contribution in [0.5, 0.6) is 0 Å². The number of nitrogens with two attached hydrogens (primary N) is 1. The summed E-state index contributed by atoms with van der Waals surface area (Å²) < 4.78 is 13.5. The van der Waals surface area contributed by atoms with Crippen molar-refractivity contribution in [3.8, 4) is 11.3 Å². The van der Waals surface area contributed by atoms with E-state index in [0.29, 0.717) is 16.5 Å². The highest BCUT2D eigenvalue weighted by molar-refractivity contribution is 7.14. The van der Waals surface area contributed by atoms with E-state index in [1.165, 1.54) is 17.4 Å². The van der Waals surface area contributed by atoms with E-state index in [9.17, 15) is 4.39 Å². The molecule has 3 rings (SSSR count). The van der Waals surface area contributed by atoms with Crippen LogP contribution in [0, 0.1) is 5.82 Å². The van der Waals surface area contributed by atoms with Gasteiger partial charge in [0, 0.05) is 16.6 Å². The van der Waals surface area contributed by atoms with E-state index >= 15 is 0 Å². The lowest BCUT2D eigenvalue weighted by molar-refractivity contribution is 0.632. The summed E-state index contributed by atoms with van der Waals surface area (Å²) >= 11 is 1.43. The molecule has 3 aromatic rings. The normalized spacial score (nSPS) is 10.4. The average Bonchev–Trinajstić information content (AvgIpc) is 2.91. The highest BCUT2D eigenvalue weighted by atomic mass is 32.1. The molecule has 0 fully saturated rings. The summed E-state index contributed by atoms with van der Waals surface area (Å²) in [5, 5.41) is 5.56. The maximum absolute atomic E-state index is 13.5. The number of aromatic nitrogens is 1. The highest BCUT2D eigenvalue weighted by Gasteiger charge is 2.06. The van der Waals surface area contributed by atoms with Gasteiger partial charge >= 0.3 is 0 Å². The van der Waals surface area contributed by atoms with Gasteiger partial charge in [-0.1, -0.05) is 24.3 Å². The Labute approximate surface area is 119 Å². The Morgan fingerprint density at radius 3 is 2.55 bits per heavy atom. The summed E-state index contributed by atoms with van der Waals surface area (Å²) in [5.41, 5.74) is 8.62. The smallest absolute Gasteiger partial charge is 0.187 e. The van der Waals surface area contributed by atoms with Crippen LogP contribution in [0.15, 0.2) is 53.9 Å². The average molecular weight is 285 g/mol. The number of hydrogen-bond donors (Lipinski definition) is 2. The van der Waals surface area contributed by atoms with Gasteiger partial charge in [-0.3, -0.25) is 0 Å². The number of nitrogen functional groups attached to an aromatic ring is 1. The molecule has 3 nitrogen and oxygen atoms in total. The zero-order valence-electron chi connectivity index (χ0n) is 10.5. The van der Waals surface area contributed by atoms with Crippen LogP contribution in [0.3, 0.4) is 0 Å². The minimum absolute atomic E-state index is 0.295. The molecule has 0 saturated carbocycles. The number of thiazole rings is 1. The number of rotatable bonds is 3. The fourth-order valence-electron chi connectivity index (χ4n) is 1.80. The second-order valence-corrected chi connectivity index (χ2v) is 5.12. The van der Waals surface area contributed by atoms with E-state index in [4.69, 9.17) is 5.73 Å². The molecule has 0 saturated heterocycles. The third-order valence-electron chi connectivity index (χ3n) is 2.83. The number of hydrogen-bond acceptors (Lipinski definition) is 4. The van der Waals surface area contributed by atoms with Crippen LogP contribution in [0.4, 0.5) is 20.9 Å². The molecule has 0 atom stereocenters. The Kier molecular flexibility index (Phi) is 3.35. The number of para-hydroxylation sites is 1. The summed E-state index contributed by atoms with van der Waals surface area (Å²) in [6, 6.07) is 14.0. The van der Waals surface area contributed by atoms with Crippen LogP contribution < -0.4 is 11.1 Å². The molecule has 1 heterocycles. The summed E-state index contributed by atoms with van der Waals surface area (Å²) in [6.07, 6.45) is 0. The van der Waals surface area contributed by atoms with Crippen molar-refractivity contribution in [3.63, 3.8) is 0 Å². The Hall–Kier alpha value is -2.40. The van der Waals surface area contributed by atoms with Gasteiger partial charge in [0.1, 0.15) is 5.82 Å². The van der Waals surface area contributed by atoms with Gasteiger partial charge in [0.05, 0.1) is 11.4 Å². The number of benzene rings is 2. The number of nitrogens with zero attached hydrogens (tertiary/aromatic N) is 1. The molecule has 0 spiro atoms.